The molecule has 9 heteroatoms. The van der Waals surface area contributed by atoms with Crippen LogP contribution >= 0.6 is 0 Å². The fourth-order valence-corrected chi connectivity index (χ4v) is 4.27. The van der Waals surface area contributed by atoms with Gasteiger partial charge in [-0.25, -0.2) is 9.97 Å². The average molecular weight is 484 g/mol. The molecule has 0 fully saturated rings. The maximum absolute atomic E-state index is 13.1. The van der Waals surface area contributed by atoms with Crippen molar-refractivity contribution in [3.05, 3.63) is 60.9 Å². The number of para-hydroxylation sites is 1. The van der Waals surface area contributed by atoms with E-state index in [1.54, 1.807) is 19.5 Å². The van der Waals surface area contributed by atoms with Crippen molar-refractivity contribution < 1.29 is 9.53 Å². The predicted molar refractivity (Wildman–Crippen MR) is 145 cm³/mol. The monoisotopic (exact) mass is 483 g/mol. The van der Waals surface area contributed by atoms with Crippen molar-refractivity contribution in [3.63, 3.8) is 0 Å². The molecule has 9 nitrogen and oxygen atoms in total. The molecule has 1 amide bonds. The molecule has 5 rings (SSSR count). The van der Waals surface area contributed by atoms with E-state index >= 15 is 0 Å². The Morgan fingerprint density at radius 3 is 2.67 bits per heavy atom. The molecule has 6 bridgehead atoms. The van der Waals surface area contributed by atoms with Crippen LogP contribution in [-0.2, 0) is 4.79 Å². The minimum absolute atomic E-state index is 0.237. The second-order valence-corrected chi connectivity index (χ2v) is 8.96. The highest BCUT2D eigenvalue weighted by Gasteiger charge is 2.18. The minimum atomic E-state index is -0.237. The van der Waals surface area contributed by atoms with Gasteiger partial charge in [0.1, 0.15) is 5.75 Å². The maximum atomic E-state index is 13.1. The predicted octanol–water partition coefficient (Wildman–Crippen LogP) is 4.27. The van der Waals surface area contributed by atoms with E-state index in [1.807, 2.05) is 74.4 Å². The van der Waals surface area contributed by atoms with Crippen molar-refractivity contribution >= 4 is 46.0 Å². The average Bonchev–Trinajstić information content (AvgIpc) is 3.24. The van der Waals surface area contributed by atoms with Crippen LogP contribution in [0.4, 0.5) is 23.0 Å². The van der Waals surface area contributed by atoms with Crippen LogP contribution in [0.3, 0.4) is 0 Å². The summed E-state index contributed by atoms with van der Waals surface area (Å²) >= 11 is 0. The number of carbonyl (C=O) groups excluding carboxylic acids is 1. The molecule has 2 N–H and O–H groups in total. The molecule has 0 saturated carbocycles. The lowest BCUT2D eigenvalue weighted by molar-refractivity contribution is -0.111. The van der Waals surface area contributed by atoms with Crippen molar-refractivity contribution in [2.24, 2.45) is 0 Å². The summed E-state index contributed by atoms with van der Waals surface area (Å²) in [6.07, 6.45) is 7.02. The molecular formula is C27H29N7O2. The van der Waals surface area contributed by atoms with Crippen molar-refractivity contribution in [1.29, 1.82) is 0 Å². The van der Waals surface area contributed by atoms with Crippen LogP contribution in [0.2, 0.25) is 0 Å². The number of methoxy groups -OCH3 is 1. The summed E-state index contributed by atoms with van der Waals surface area (Å²) in [4.78, 5) is 26.5. The van der Waals surface area contributed by atoms with E-state index in [0.29, 0.717) is 23.1 Å². The van der Waals surface area contributed by atoms with Crippen LogP contribution in [0.1, 0.15) is 0 Å². The van der Waals surface area contributed by atoms with Gasteiger partial charge in [-0.05, 0) is 32.3 Å². The van der Waals surface area contributed by atoms with Gasteiger partial charge in [-0.1, -0.05) is 18.2 Å². The van der Waals surface area contributed by atoms with E-state index in [9.17, 15) is 4.79 Å². The second kappa shape index (κ2) is 9.71. The van der Waals surface area contributed by atoms with Gasteiger partial charge in [0.2, 0.25) is 11.9 Å². The fourth-order valence-electron chi connectivity index (χ4n) is 4.27. The first-order valence-corrected chi connectivity index (χ1v) is 11.7. The molecule has 2 aromatic heterocycles. The highest BCUT2D eigenvalue weighted by Crippen LogP contribution is 2.38. The van der Waals surface area contributed by atoms with E-state index in [0.717, 1.165) is 40.9 Å². The fraction of sp³-hybridized carbons (Fsp3) is 0.222. The smallest absolute Gasteiger partial charge is 0.249 e. The van der Waals surface area contributed by atoms with E-state index in [2.05, 4.69) is 25.4 Å². The highest BCUT2D eigenvalue weighted by molar-refractivity contribution is 6.05. The number of benzene rings is 2. The number of rotatable bonds is 5. The number of hydrogen-bond donors (Lipinski definition) is 2. The number of aromatic nitrogens is 3. The topological polar surface area (TPSA) is 87.6 Å². The van der Waals surface area contributed by atoms with Gasteiger partial charge < -0.3 is 29.7 Å². The number of fused-ring (bicyclic) bond motifs is 10. The zero-order valence-corrected chi connectivity index (χ0v) is 20.8. The first-order valence-electron chi connectivity index (χ1n) is 11.7. The Hall–Kier alpha value is -4.37. The third-order valence-corrected chi connectivity index (χ3v) is 6.17. The molecule has 0 spiro atoms. The Labute approximate surface area is 210 Å². The molecule has 0 saturated heterocycles. The zero-order chi connectivity index (χ0) is 25.2. The van der Waals surface area contributed by atoms with Crippen LogP contribution in [0.5, 0.6) is 5.75 Å². The normalized spacial score (nSPS) is 13.6. The van der Waals surface area contributed by atoms with Crippen molar-refractivity contribution in [2.45, 2.75) is 0 Å². The molecule has 184 valence electrons. The SMILES string of the molecule is COc1cc(N(C)CCN(C)C)c2cc1Nc1nccc(n1)-c1cn(c3ccccc13)/C=C\C(=O)N2. The summed E-state index contributed by atoms with van der Waals surface area (Å²) in [7, 11) is 7.68. The Balaban J connectivity index is 1.66. The Morgan fingerprint density at radius 2 is 1.86 bits per heavy atom. The molecule has 36 heavy (non-hydrogen) atoms. The summed E-state index contributed by atoms with van der Waals surface area (Å²) in [5.41, 5.74) is 4.85. The van der Waals surface area contributed by atoms with Gasteiger partial charge in [0.15, 0.2) is 0 Å². The standard InChI is InChI=1S/C27H29N7O2/c1-32(2)13-14-33(3)24-16-25(36-4)22-15-21(24)29-26(35)10-12-34-17-19(18-7-5-6-8-23(18)34)20-9-11-28-27(30-20)31-22/h5-12,15-17H,13-14H2,1-4H3,(H,29,35)(H,28,30,31)/b12-10-. The van der Waals surface area contributed by atoms with Crippen LogP contribution in [0.25, 0.3) is 28.4 Å². The number of nitrogens with zero attached hydrogens (tertiary/aromatic N) is 5. The first-order chi connectivity index (χ1) is 17.4. The van der Waals surface area contributed by atoms with Gasteiger partial charge in [0.25, 0.3) is 0 Å². The molecule has 0 atom stereocenters. The van der Waals surface area contributed by atoms with E-state index in [1.165, 1.54) is 6.08 Å². The van der Waals surface area contributed by atoms with Gasteiger partial charge in [0, 0.05) is 61.8 Å². The van der Waals surface area contributed by atoms with Gasteiger partial charge >= 0.3 is 0 Å². The van der Waals surface area contributed by atoms with Crippen molar-refractivity contribution in [1.82, 2.24) is 19.4 Å². The molecule has 0 radical (unpaired) electrons. The van der Waals surface area contributed by atoms with Crippen LogP contribution in [0, 0.1) is 0 Å². The summed E-state index contributed by atoms with van der Waals surface area (Å²) in [6, 6.07) is 13.7. The minimum Gasteiger partial charge on any atom is -0.494 e. The Kier molecular flexibility index (Phi) is 6.30. The van der Waals surface area contributed by atoms with E-state index < -0.39 is 0 Å². The Bertz CT molecular complexity index is 1460. The molecule has 1 aliphatic rings. The molecule has 0 aliphatic carbocycles. The lowest BCUT2D eigenvalue weighted by Gasteiger charge is -2.26. The highest BCUT2D eigenvalue weighted by atomic mass is 16.5. The number of anilines is 4. The van der Waals surface area contributed by atoms with Gasteiger partial charge in [-0.3, -0.25) is 4.79 Å². The number of carbonyl (C=O) groups is 1. The van der Waals surface area contributed by atoms with Gasteiger partial charge in [-0.15, -0.1) is 0 Å². The first kappa shape index (κ1) is 23.4. The zero-order valence-electron chi connectivity index (χ0n) is 20.8. The number of ether oxygens (including phenoxy) is 1. The third kappa shape index (κ3) is 4.60. The largest absolute Gasteiger partial charge is 0.494 e. The van der Waals surface area contributed by atoms with Crippen molar-refractivity contribution in [3.8, 4) is 17.0 Å². The number of nitrogens with one attached hydrogen (secondary N) is 2. The van der Waals surface area contributed by atoms with Crippen LogP contribution in [0.15, 0.2) is 60.9 Å². The van der Waals surface area contributed by atoms with Crippen LogP contribution in [-0.4, -0.2) is 66.7 Å². The summed E-state index contributed by atoms with van der Waals surface area (Å²) in [5, 5.41) is 7.37. The molecule has 1 aliphatic heterocycles. The number of hydrogen-bond acceptors (Lipinski definition) is 7. The lowest BCUT2D eigenvalue weighted by atomic mass is 10.1. The van der Waals surface area contributed by atoms with Crippen LogP contribution < -0.4 is 20.3 Å². The molecular weight excluding hydrogens is 454 g/mol. The second-order valence-electron chi connectivity index (χ2n) is 8.96. The quantitative estimate of drug-likeness (QED) is 0.438. The summed E-state index contributed by atoms with van der Waals surface area (Å²) in [6.45, 7) is 1.63. The van der Waals surface area contributed by atoms with Gasteiger partial charge in [-0.2, -0.15) is 0 Å². The van der Waals surface area contributed by atoms with E-state index in [4.69, 9.17) is 9.72 Å². The summed E-state index contributed by atoms with van der Waals surface area (Å²) < 4.78 is 7.64. The molecule has 0 unspecified atom stereocenters. The van der Waals surface area contributed by atoms with Crippen molar-refractivity contribution in [2.75, 3.05) is 56.9 Å². The summed E-state index contributed by atoms with van der Waals surface area (Å²) in [5.74, 6) is 0.814. The lowest BCUT2D eigenvalue weighted by Crippen LogP contribution is -2.29. The number of amides is 1. The molecule has 3 heterocycles. The third-order valence-electron chi connectivity index (χ3n) is 6.17. The molecule has 4 aromatic rings. The van der Waals surface area contributed by atoms with E-state index in [-0.39, 0.29) is 5.91 Å². The molecule has 2 aromatic carbocycles. The maximum Gasteiger partial charge on any atom is 0.249 e. The Morgan fingerprint density at radius 1 is 1.03 bits per heavy atom. The number of likely N-dealkylation sites (N-methyl/N-ethyl adjacent to an activating group) is 2. The van der Waals surface area contributed by atoms with Gasteiger partial charge in [0.05, 0.1) is 35.4 Å².